The Labute approximate surface area is 173 Å². The molecule has 0 saturated carbocycles. The average molecular weight is 415 g/mol. The molecule has 2 aromatic rings. The SMILES string of the molecule is CN1N=C(CS(=O)c2ccc(Cl)cc2)/C(=C/c2ccc(C(C)(C)C)cc2)C1=O. The molecule has 4 nitrogen and oxygen atoms in total. The van der Waals surface area contributed by atoms with Gasteiger partial charge in [0.2, 0.25) is 0 Å². The fourth-order valence-corrected chi connectivity index (χ4v) is 4.06. The highest BCUT2D eigenvalue weighted by molar-refractivity contribution is 7.85. The summed E-state index contributed by atoms with van der Waals surface area (Å²) in [5.74, 6) is -0.0214. The third-order valence-corrected chi connectivity index (χ3v) is 6.12. The van der Waals surface area contributed by atoms with E-state index in [0.29, 0.717) is 21.2 Å². The lowest BCUT2D eigenvalue weighted by molar-refractivity contribution is -0.124. The van der Waals surface area contributed by atoms with Gasteiger partial charge in [-0.3, -0.25) is 9.00 Å². The van der Waals surface area contributed by atoms with Crippen LogP contribution in [0.5, 0.6) is 0 Å². The number of hydrogen-bond acceptors (Lipinski definition) is 3. The van der Waals surface area contributed by atoms with Crippen LogP contribution in [0.3, 0.4) is 0 Å². The van der Waals surface area contributed by atoms with Crippen molar-refractivity contribution in [1.82, 2.24) is 5.01 Å². The highest BCUT2D eigenvalue weighted by Crippen LogP contribution is 2.24. The third kappa shape index (κ3) is 4.59. The Morgan fingerprint density at radius 3 is 2.25 bits per heavy atom. The maximum absolute atomic E-state index is 12.7. The molecular formula is C22H23ClN2O2S. The molecule has 1 aliphatic rings. The summed E-state index contributed by atoms with van der Waals surface area (Å²) in [6.07, 6.45) is 1.82. The van der Waals surface area contributed by atoms with Crippen LogP contribution >= 0.6 is 11.6 Å². The number of rotatable bonds is 4. The molecule has 0 N–H and O–H groups in total. The zero-order valence-corrected chi connectivity index (χ0v) is 18.0. The molecule has 0 aliphatic carbocycles. The molecule has 0 fully saturated rings. The van der Waals surface area contributed by atoms with E-state index in [1.165, 1.54) is 10.6 Å². The smallest absolute Gasteiger partial charge is 0.267 e. The van der Waals surface area contributed by atoms with Crippen molar-refractivity contribution in [3.63, 3.8) is 0 Å². The monoisotopic (exact) mass is 414 g/mol. The molecule has 0 spiro atoms. The van der Waals surface area contributed by atoms with Crippen molar-refractivity contribution in [2.24, 2.45) is 5.10 Å². The topological polar surface area (TPSA) is 49.7 Å². The minimum absolute atomic E-state index is 0.0666. The van der Waals surface area contributed by atoms with Gasteiger partial charge in [-0.25, -0.2) is 5.01 Å². The first kappa shape index (κ1) is 20.5. The number of nitrogens with zero attached hydrogens (tertiary/aromatic N) is 2. The van der Waals surface area contributed by atoms with Crippen molar-refractivity contribution < 1.29 is 9.00 Å². The summed E-state index contributed by atoms with van der Waals surface area (Å²) in [6, 6.07) is 15.0. The van der Waals surface area contributed by atoms with E-state index in [4.69, 9.17) is 11.6 Å². The van der Waals surface area contributed by atoms with Crippen LogP contribution in [0.4, 0.5) is 0 Å². The van der Waals surface area contributed by atoms with E-state index in [-0.39, 0.29) is 17.1 Å². The largest absolute Gasteiger partial charge is 0.275 e. The molecule has 1 heterocycles. The predicted octanol–water partition coefficient (Wildman–Crippen LogP) is 4.66. The van der Waals surface area contributed by atoms with Crippen LogP contribution in [0.15, 0.2) is 64.1 Å². The zero-order valence-electron chi connectivity index (χ0n) is 16.4. The summed E-state index contributed by atoms with van der Waals surface area (Å²) >= 11 is 5.89. The fraction of sp³-hybridized carbons (Fsp3) is 0.273. The number of carbonyl (C=O) groups is 1. The Morgan fingerprint density at radius 2 is 1.68 bits per heavy atom. The number of benzene rings is 2. The second-order valence-electron chi connectivity index (χ2n) is 7.75. The minimum Gasteiger partial charge on any atom is -0.267 e. The van der Waals surface area contributed by atoms with Crippen LogP contribution in [0.1, 0.15) is 31.9 Å². The van der Waals surface area contributed by atoms with Crippen LogP contribution in [-0.4, -0.2) is 33.6 Å². The second kappa shape index (κ2) is 8.02. The van der Waals surface area contributed by atoms with Gasteiger partial charge in [0.15, 0.2) is 0 Å². The van der Waals surface area contributed by atoms with E-state index in [0.717, 1.165) is 5.56 Å². The van der Waals surface area contributed by atoms with Gasteiger partial charge >= 0.3 is 0 Å². The van der Waals surface area contributed by atoms with E-state index in [2.05, 4.69) is 38.0 Å². The normalized spacial score (nSPS) is 17.2. The van der Waals surface area contributed by atoms with Crippen molar-refractivity contribution in [3.05, 3.63) is 70.3 Å². The van der Waals surface area contributed by atoms with Gasteiger partial charge in [0.25, 0.3) is 5.91 Å². The standard InChI is InChI=1S/C22H23ClN2O2S/c1-22(2,3)16-7-5-15(6-8-16)13-19-20(24-25(4)21(19)26)14-28(27)18-11-9-17(23)10-12-18/h5-13H,14H2,1-4H3/b19-13-. The van der Waals surface area contributed by atoms with Crippen LogP contribution in [0, 0.1) is 0 Å². The highest BCUT2D eigenvalue weighted by Gasteiger charge is 2.28. The van der Waals surface area contributed by atoms with Gasteiger partial charge in [0, 0.05) is 17.0 Å². The van der Waals surface area contributed by atoms with E-state index in [9.17, 15) is 9.00 Å². The second-order valence-corrected chi connectivity index (χ2v) is 9.64. The van der Waals surface area contributed by atoms with E-state index >= 15 is 0 Å². The Balaban J connectivity index is 1.85. The van der Waals surface area contributed by atoms with E-state index in [1.54, 1.807) is 31.3 Å². The first-order valence-corrected chi connectivity index (χ1v) is 10.7. The molecule has 2 aromatic carbocycles. The Kier molecular flexibility index (Phi) is 5.87. The van der Waals surface area contributed by atoms with E-state index in [1.807, 2.05) is 18.2 Å². The molecule has 0 aromatic heterocycles. The first-order valence-electron chi connectivity index (χ1n) is 8.97. The van der Waals surface area contributed by atoms with Crippen LogP contribution in [0.2, 0.25) is 5.02 Å². The van der Waals surface area contributed by atoms with Crippen molar-refractivity contribution in [1.29, 1.82) is 0 Å². The molecule has 0 bridgehead atoms. The predicted molar refractivity (Wildman–Crippen MR) is 116 cm³/mol. The highest BCUT2D eigenvalue weighted by atomic mass is 35.5. The van der Waals surface area contributed by atoms with Gasteiger partial charge in [0.05, 0.1) is 27.8 Å². The molecular weight excluding hydrogens is 392 g/mol. The molecule has 146 valence electrons. The summed E-state index contributed by atoms with van der Waals surface area (Å²) in [6.45, 7) is 6.48. The Morgan fingerprint density at radius 1 is 1.07 bits per heavy atom. The summed E-state index contributed by atoms with van der Waals surface area (Å²) in [7, 11) is 0.294. The van der Waals surface area contributed by atoms with E-state index < -0.39 is 10.8 Å². The maximum Gasteiger partial charge on any atom is 0.275 e. The minimum atomic E-state index is -1.31. The third-order valence-electron chi connectivity index (χ3n) is 4.54. The number of halogens is 1. The summed E-state index contributed by atoms with van der Waals surface area (Å²) in [5.41, 5.74) is 3.21. The lowest BCUT2D eigenvalue weighted by Crippen LogP contribution is -2.18. The maximum atomic E-state index is 12.7. The number of amides is 1. The number of hydrogen-bond donors (Lipinski definition) is 0. The van der Waals surface area contributed by atoms with Gasteiger partial charge in [-0.2, -0.15) is 5.10 Å². The van der Waals surface area contributed by atoms with Gasteiger partial charge < -0.3 is 0 Å². The summed E-state index contributed by atoms with van der Waals surface area (Å²) in [5, 5.41) is 6.19. The number of likely N-dealkylation sites (N-methyl/N-ethyl adjacent to an activating group) is 1. The molecule has 28 heavy (non-hydrogen) atoms. The van der Waals surface area contributed by atoms with Gasteiger partial charge in [0.1, 0.15) is 0 Å². The first-order chi connectivity index (χ1) is 13.1. The van der Waals surface area contributed by atoms with Crippen molar-refractivity contribution in [2.75, 3.05) is 12.8 Å². The molecule has 0 saturated heterocycles. The fourth-order valence-electron chi connectivity index (χ4n) is 2.87. The van der Waals surface area contributed by atoms with Crippen molar-refractivity contribution >= 4 is 40.1 Å². The molecule has 1 aliphatic heterocycles. The molecule has 0 radical (unpaired) electrons. The lowest BCUT2D eigenvalue weighted by Gasteiger charge is -2.18. The Hall–Kier alpha value is -2.24. The summed E-state index contributed by atoms with van der Waals surface area (Å²) in [4.78, 5) is 13.2. The molecule has 1 unspecified atom stereocenters. The van der Waals surface area contributed by atoms with Crippen molar-refractivity contribution in [3.8, 4) is 0 Å². The Bertz CT molecular complexity index is 971. The quantitative estimate of drug-likeness (QED) is 0.683. The molecule has 1 atom stereocenters. The van der Waals surface area contributed by atoms with Crippen LogP contribution < -0.4 is 0 Å². The zero-order chi connectivity index (χ0) is 20.5. The van der Waals surface area contributed by atoms with Crippen LogP contribution in [0.25, 0.3) is 6.08 Å². The van der Waals surface area contributed by atoms with Gasteiger partial charge in [-0.15, -0.1) is 0 Å². The van der Waals surface area contributed by atoms with Crippen molar-refractivity contribution in [2.45, 2.75) is 31.1 Å². The van der Waals surface area contributed by atoms with Gasteiger partial charge in [-0.05, 0) is 46.9 Å². The van der Waals surface area contributed by atoms with Gasteiger partial charge in [-0.1, -0.05) is 56.6 Å². The molecule has 3 rings (SSSR count). The number of carbonyl (C=O) groups excluding carboxylic acids is 1. The summed E-state index contributed by atoms with van der Waals surface area (Å²) < 4.78 is 12.7. The number of hydrazone groups is 1. The lowest BCUT2D eigenvalue weighted by atomic mass is 9.86. The average Bonchev–Trinajstić information content (AvgIpc) is 2.89. The van der Waals surface area contributed by atoms with Crippen LogP contribution in [-0.2, 0) is 21.0 Å². The molecule has 6 heteroatoms. The molecule has 1 amide bonds.